The Kier molecular flexibility index (Phi) is 4.57. The summed E-state index contributed by atoms with van der Waals surface area (Å²) in [6, 6.07) is 12.2. The van der Waals surface area contributed by atoms with Crippen molar-refractivity contribution in [3.8, 4) is 5.75 Å². The number of nitrogens with one attached hydrogen (secondary N) is 1. The molecule has 7 nitrogen and oxygen atoms in total. The molecular formula is C16H14BrN5O2. The van der Waals surface area contributed by atoms with Crippen LogP contribution in [0.3, 0.4) is 0 Å². The number of phenolic OH excluding ortho intramolecular Hbond substituents is 1. The van der Waals surface area contributed by atoms with Crippen LogP contribution in [-0.2, 0) is 6.54 Å². The number of aromatic hydroxyl groups is 1. The third kappa shape index (κ3) is 3.43. The van der Waals surface area contributed by atoms with Crippen molar-refractivity contribution in [3.05, 3.63) is 52.5 Å². The van der Waals surface area contributed by atoms with Crippen LogP contribution >= 0.6 is 15.9 Å². The van der Waals surface area contributed by atoms with Crippen LogP contribution in [0.25, 0.3) is 11.0 Å². The number of phenols is 1. The van der Waals surface area contributed by atoms with Gasteiger partial charge in [-0.05, 0) is 37.3 Å². The number of carbonyl (C=O) groups is 1. The molecule has 0 atom stereocenters. The highest BCUT2D eigenvalue weighted by molar-refractivity contribution is 9.10. The number of fused-ring (bicyclic) bond motifs is 1. The zero-order valence-corrected chi connectivity index (χ0v) is 14.4. The number of amides is 1. The van der Waals surface area contributed by atoms with E-state index in [2.05, 4.69) is 36.8 Å². The number of para-hydroxylation sites is 1. The first-order chi connectivity index (χ1) is 11.5. The van der Waals surface area contributed by atoms with Gasteiger partial charge in [-0.2, -0.15) is 5.10 Å². The van der Waals surface area contributed by atoms with Crippen LogP contribution in [0.15, 0.2) is 52.0 Å². The predicted molar refractivity (Wildman–Crippen MR) is 93.9 cm³/mol. The molecule has 0 fully saturated rings. The van der Waals surface area contributed by atoms with Gasteiger partial charge in [0, 0.05) is 4.47 Å². The Morgan fingerprint density at radius 2 is 2.12 bits per heavy atom. The maximum absolute atomic E-state index is 12.1. The van der Waals surface area contributed by atoms with Crippen LogP contribution in [0.5, 0.6) is 5.75 Å². The van der Waals surface area contributed by atoms with E-state index < -0.39 is 5.91 Å². The smallest absolute Gasteiger partial charge is 0.275 e. The summed E-state index contributed by atoms with van der Waals surface area (Å²) in [4.78, 5) is 12.1. The highest BCUT2D eigenvalue weighted by Crippen LogP contribution is 2.21. The van der Waals surface area contributed by atoms with Gasteiger partial charge in [-0.1, -0.05) is 33.3 Å². The molecule has 0 radical (unpaired) electrons. The number of carbonyl (C=O) groups excluding carboxylic acids is 1. The zero-order chi connectivity index (χ0) is 17.1. The first-order valence-electron chi connectivity index (χ1n) is 7.15. The van der Waals surface area contributed by atoms with Gasteiger partial charge in [-0.25, -0.2) is 10.1 Å². The lowest BCUT2D eigenvalue weighted by Gasteiger charge is -2.05. The minimum absolute atomic E-state index is 0.106. The highest BCUT2D eigenvalue weighted by atomic mass is 79.9. The number of benzene rings is 2. The van der Waals surface area contributed by atoms with Gasteiger partial charge in [0.05, 0.1) is 23.3 Å². The van der Waals surface area contributed by atoms with Gasteiger partial charge in [0.15, 0.2) is 0 Å². The van der Waals surface area contributed by atoms with Crippen LogP contribution in [0.2, 0.25) is 0 Å². The zero-order valence-electron chi connectivity index (χ0n) is 12.8. The molecule has 1 aromatic heterocycles. The summed E-state index contributed by atoms with van der Waals surface area (Å²) in [5.74, 6) is -0.595. The number of hydrogen-bond donors (Lipinski definition) is 2. The molecule has 1 amide bonds. The summed E-state index contributed by atoms with van der Waals surface area (Å²) in [5, 5.41) is 21.9. The van der Waals surface area contributed by atoms with E-state index in [1.807, 2.05) is 24.3 Å². The summed E-state index contributed by atoms with van der Waals surface area (Å²) in [5.41, 5.74) is 4.92. The Labute approximate surface area is 146 Å². The molecule has 24 heavy (non-hydrogen) atoms. The fraction of sp³-hybridized carbons (Fsp3) is 0.125. The number of halogens is 1. The Morgan fingerprint density at radius 3 is 2.96 bits per heavy atom. The second-order valence-corrected chi connectivity index (χ2v) is 6.10. The lowest BCUT2D eigenvalue weighted by atomic mass is 10.2. The predicted octanol–water partition coefficient (Wildman–Crippen LogP) is 2.71. The van der Waals surface area contributed by atoms with Gasteiger partial charge in [0.2, 0.25) is 0 Å². The van der Waals surface area contributed by atoms with Gasteiger partial charge in [-0.3, -0.25) is 4.79 Å². The normalized spacial score (nSPS) is 11.7. The van der Waals surface area contributed by atoms with Crippen molar-refractivity contribution in [2.75, 3.05) is 0 Å². The Hall–Kier alpha value is -2.74. The van der Waals surface area contributed by atoms with Crippen molar-refractivity contribution in [1.82, 2.24) is 20.4 Å². The van der Waals surface area contributed by atoms with Gasteiger partial charge >= 0.3 is 0 Å². The van der Waals surface area contributed by atoms with Gasteiger partial charge in [0.25, 0.3) is 5.91 Å². The molecule has 2 N–H and O–H groups in total. The third-order valence-electron chi connectivity index (χ3n) is 3.35. The van der Waals surface area contributed by atoms with Crippen LogP contribution in [0.4, 0.5) is 0 Å². The van der Waals surface area contributed by atoms with Gasteiger partial charge in [0.1, 0.15) is 11.3 Å². The van der Waals surface area contributed by atoms with Gasteiger partial charge < -0.3 is 5.11 Å². The molecule has 3 aromatic rings. The Morgan fingerprint density at radius 1 is 1.33 bits per heavy atom. The first-order valence-corrected chi connectivity index (χ1v) is 7.94. The molecule has 0 bridgehead atoms. The summed E-state index contributed by atoms with van der Waals surface area (Å²) in [6.07, 6.45) is 0. The van der Waals surface area contributed by atoms with E-state index in [0.717, 1.165) is 11.0 Å². The topological polar surface area (TPSA) is 92.4 Å². The summed E-state index contributed by atoms with van der Waals surface area (Å²) in [6.45, 7) is 2.17. The number of nitrogens with zero attached hydrogens (tertiary/aromatic N) is 4. The molecule has 0 unspecified atom stereocenters. The quantitative estimate of drug-likeness (QED) is 0.531. The average Bonchev–Trinajstić information content (AvgIpc) is 2.98. The SMILES string of the molecule is CC(Cn1nnc2ccccc21)=NNC(=O)c1cc(Br)ccc1O. The number of rotatable bonds is 4. The van der Waals surface area contributed by atoms with E-state index in [0.29, 0.717) is 16.7 Å². The van der Waals surface area contributed by atoms with Crippen molar-refractivity contribution in [1.29, 1.82) is 0 Å². The first kappa shape index (κ1) is 16.1. The standard InChI is InChI=1S/C16H14BrN5O2/c1-10(9-22-14-5-3-2-4-13(14)19-21-22)18-20-16(24)12-8-11(17)6-7-15(12)23/h2-8,23H,9H2,1H3,(H,20,24). The largest absolute Gasteiger partial charge is 0.507 e. The van der Waals surface area contributed by atoms with E-state index in [-0.39, 0.29) is 11.3 Å². The second kappa shape index (κ2) is 6.79. The highest BCUT2D eigenvalue weighted by Gasteiger charge is 2.11. The molecule has 3 rings (SSSR count). The van der Waals surface area contributed by atoms with Crippen LogP contribution in [0, 0.1) is 0 Å². The lowest BCUT2D eigenvalue weighted by Crippen LogP contribution is -2.21. The molecule has 8 heteroatoms. The second-order valence-electron chi connectivity index (χ2n) is 5.19. The monoisotopic (exact) mass is 387 g/mol. The lowest BCUT2D eigenvalue weighted by molar-refractivity contribution is 0.0952. The van der Waals surface area contributed by atoms with Crippen LogP contribution in [-0.4, -0.2) is 31.7 Å². The van der Waals surface area contributed by atoms with Crippen molar-refractivity contribution < 1.29 is 9.90 Å². The average molecular weight is 388 g/mol. The molecule has 0 aliphatic rings. The van der Waals surface area contributed by atoms with E-state index >= 15 is 0 Å². The minimum Gasteiger partial charge on any atom is -0.507 e. The minimum atomic E-state index is -0.489. The van der Waals surface area contributed by atoms with E-state index in [1.54, 1.807) is 17.7 Å². The van der Waals surface area contributed by atoms with Crippen LogP contribution in [0.1, 0.15) is 17.3 Å². The number of hydrazone groups is 1. The Balaban J connectivity index is 1.72. The molecule has 0 spiro atoms. The van der Waals surface area contributed by atoms with Crippen molar-refractivity contribution in [3.63, 3.8) is 0 Å². The molecule has 0 aliphatic heterocycles. The van der Waals surface area contributed by atoms with Crippen LogP contribution < -0.4 is 5.43 Å². The summed E-state index contributed by atoms with van der Waals surface area (Å²) < 4.78 is 2.40. The van der Waals surface area contributed by atoms with Crippen molar-refractivity contribution >= 4 is 38.6 Å². The van der Waals surface area contributed by atoms with E-state index in [1.165, 1.54) is 12.1 Å². The fourth-order valence-corrected chi connectivity index (χ4v) is 2.54. The number of aromatic nitrogens is 3. The molecule has 0 aliphatic carbocycles. The number of hydrogen-bond acceptors (Lipinski definition) is 5. The molecule has 2 aromatic carbocycles. The maximum atomic E-state index is 12.1. The fourth-order valence-electron chi connectivity index (χ4n) is 2.18. The molecule has 0 saturated heterocycles. The van der Waals surface area contributed by atoms with E-state index in [9.17, 15) is 9.90 Å². The van der Waals surface area contributed by atoms with Crippen molar-refractivity contribution in [2.45, 2.75) is 13.5 Å². The maximum Gasteiger partial charge on any atom is 0.275 e. The Bertz CT molecular complexity index is 935. The van der Waals surface area contributed by atoms with Crippen molar-refractivity contribution in [2.24, 2.45) is 5.10 Å². The molecule has 122 valence electrons. The molecule has 0 saturated carbocycles. The molecular weight excluding hydrogens is 374 g/mol. The van der Waals surface area contributed by atoms with Gasteiger partial charge in [-0.15, -0.1) is 5.10 Å². The molecule has 1 heterocycles. The summed E-state index contributed by atoms with van der Waals surface area (Å²) in [7, 11) is 0. The third-order valence-corrected chi connectivity index (χ3v) is 3.84. The van der Waals surface area contributed by atoms with E-state index in [4.69, 9.17) is 0 Å². The summed E-state index contributed by atoms with van der Waals surface area (Å²) >= 11 is 3.26.